The number of nitrogens with one attached hydrogen (secondary N) is 2. The van der Waals surface area contributed by atoms with Crippen molar-refractivity contribution in [1.29, 1.82) is 0 Å². The topological polar surface area (TPSA) is 40.2 Å². The largest absolute Gasteiger partial charge is 0.382 e. The molecule has 0 saturated carbocycles. The van der Waals surface area contributed by atoms with Gasteiger partial charge in [0.05, 0.1) is 11.9 Å². The first-order valence-corrected chi connectivity index (χ1v) is 7.60. The van der Waals surface area contributed by atoms with E-state index in [4.69, 9.17) is 0 Å². The van der Waals surface area contributed by atoms with Crippen LogP contribution in [-0.2, 0) is 0 Å². The summed E-state index contributed by atoms with van der Waals surface area (Å²) in [7, 11) is 0. The summed E-state index contributed by atoms with van der Waals surface area (Å²) in [4.78, 5) is 6.99. The lowest BCUT2D eigenvalue weighted by molar-refractivity contribution is 0.573. The Morgan fingerprint density at radius 2 is 2.11 bits per heavy atom. The van der Waals surface area contributed by atoms with Crippen molar-refractivity contribution in [3.8, 4) is 0 Å². The van der Waals surface area contributed by atoms with E-state index in [1.807, 2.05) is 6.20 Å². The van der Waals surface area contributed by atoms with Gasteiger partial charge in [0.25, 0.3) is 0 Å². The third kappa shape index (κ3) is 3.38. The molecule has 1 aromatic heterocycles. The van der Waals surface area contributed by atoms with E-state index >= 15 is 0 Å². The monoisotopic (exact) mass is 260 g/mol. The maximum atomic E-state index is 4.59. The highest BCUT2D eigenvalue weighted by Crippen LogP contribution is 2.19. The molecule has 2 aliphatic heterocycles. The quantitative estimate of drug-likeness (QED) is 0.871. The van der Waals surface area contributed by atoms with E-state index in [-0.39, 0.29) is 0 Å². The molecule has 0 radical (unpaired) electrons. The maximum Gasteiger partial charge on any atom is 0.128 e. The van der Waals surface area contributed by atoms with Crippen LogP contribution >= 0.6 is 0 Å². The lowest BCUT2D eigenvalue weighted by Crippen LogP contribution is -2.30. The summed E-state index contributed by atoms with van der Waals surface area (Å²) in [5.74, 6) is 1.13. The highest BCUT2D eigenvalue weighted by Gasteiger charge is 2.14. The molecule has 19 heavy (non-hydrogen) atoms. The molecule has 104 valence electrons. The fraction of sp³-hybridized carbons (Fsp3) is 0.667. The minimum atomic E-state index is 0.627. The van der Waals surface area contributed by atoms with Crippen molar-refractivity contribution in [2.45, 2.75) is 38.1 Å². The summed E-state index contributed by atoms with van der Waals surface area (Å²) in [6.45, 7) is 4.49. The SMILES string of the molecule is c1cc(N2CCCCC2)ncc1NCC1CCCN1. The van der Waals surface area contributed by atoms with Crippen molar-refractivity contribution >= 4 is 11.5 Å². The van der Waals surface area contributed by atoms with Gasteiger partial charge in [-0.15, -0.1) is 0 Å². The highest BCUT2D eigenvalue weighted by atomic mass is 15.2. The van der Waals surface area contributed by atoms with Crippen LogP contribution in [0.3, 0.4) is 0 Å². The molecule has 0 spiro atoms. The van der Waals surface area contributed by atoms with Gasteiger partial charge in [-0.25, -0.2) is 4.98 Å². The molecule has 1 atom stereocenters. The Morgan fingerprint density at radius 1 is 1.21 bits per heavy atom. The molecule has 0 amide bonds. The zero-order valence-electron chi connectivity index (χ0n) is 11.6. The van der Waals surface area contributed by atoms with Crippen molar-refractivity contribution in [2.75, 3.05) is 36.4 Å². The van der Waals surface area contributed by atoms with Gasteiger partial charge in [-0.2, -0.15) is 0 Å². The normalized spacial score (nSPS) is 23.6. The number of hydrogen-bond donors (Lipinski definition) is 2. The Bertz CT molecular complexity index is 378. The molecule has 2 saturated heterocycles. The van der Waals surface area contributed by atoms with Crippen LogP contribution < -0.4 is 15.5 Å². The molecule has 0 aromatic carbocycles. The van der Waals surface area contributed by atoms with Crippen LogP contribution in [0.4, 0.5) is 11.5 Å². The first kappa shape index (κ1) is 12.7. The Morgan fingerprint density at radius 3 is 2.79 bits per heavy atom. The lowest BCUT2D eigenvalue weighted by Gasteiger charge is -2.27. The molecular weight excluding hydrogens is 236 g/mol. The van der Waals surface area contributed by atoms with E-state index in [2.05, 4.69) is 32.7 Å². The zero-order valence-corrected chi connectivity index (χ0v) is 11.6. The minimum absolute atomic E-state index is 0.627. The molecule has 3 heterocycles. The van der Waals surface area contributed by atoms with E-state index in [9.17, 15) is 0 Å². The Kier molecular flexibility index (Phi) is 4.18. The molecule has 2 aliphatic rings. The van der Waals surface area contributed by atoms with Crippen LogP contribution in [0.5, 0.6) is 0 Å². The van der Waals surface area contributed by atoms with Crippen LogP contribution in [0.1, 0.15) is 32.1 Å². The third-order valence-electron chi connectivity index (χ3n) is 4.14. The van der Waals surface area contributed by atoms with Gasteiger partial charge in [-0.3, -0.25) is 0 Å². The zero-order chi connectivity index (χ0) is 12.9. The van der Waals surface area contributed by atoms with Crippen molar-refractivity contribution < 1.29 is 0 Å². The molecule has 0 aliphatic carbocycles. The summed E-state index contributed by atoms with van der Waals surface area (Å²) < 4.78 is 0. The van der Waals surface area contributed by atoms with Crippen LogP contribution in [0.15, 0.2) is 18.3 Å². The van der Waals surface area contributed by atoms with Crippen molar-refractivity contribution in [2.24, 2.45) is 0 Å². The first-order chi connectivity index (χ1) is 9.42. The smallest absolute Gasteiger partial charge is 0.128 e. The lowest BCUT2D eigenvalue weighted by atomic mass is 10.1. The predicted octanol–water partition coefficient (Wildman–Crippen LogP) is 2.24. The first-order valence-electron chi connectivity index (χ1n) is 7.60. The van der Waals surface area contributed by atoms with Crippen molar-refractivity contribution in [1.82, 2.24) is 10.3 Å². The fourth-order valence-electron chi connectivity index (χ4n) is 2.97. The molecule has 3 rings (SSSR count). The molecule has 4 nitrogen and oxygen atoms in total. The van der Waals surface area contributed by atoms with Crippen LogP contribution in [-0.4, -0.2) is 37.2 Å². The molecule has 1 aromatic rings. The van der Waals surface area contributed by atoms with E-state index in [1.54, 1.807) is 0 Å². The number of rotatable bonds is 4. The Hall–Kier alpha value is -1.29. The van der Waals surface area contributed by atoms with Gasteiger partial charge in [0.15, 0.2) is 0 Å². The predicted molar refractivity (Wildman–Crippen MR) is 79.8 cm³/mol. The summed E-state index contributed by atoms with van der Waals surface area (Å²) in [6.07, 6.45) is 8.53. The van der Waals surface area contributed by atoms with Gasteiger partial charge < -0.3 is 15.5 Å². The van der Waals surface area contributed by atoms with Gasteiger partial charge >= 0.3 is 0 Å². The molecule has 1 unspecified atom stereocenters. The number of hydrogen-bond acceptors (Lipinski definition) is 4. The third-order valence-corrected chi connectivity index (χ3v) is 4.14. The number of nitrogens with zero attached hydrogens (tertiary/aromatic N) is 2. The average molecular weight is 260 g/mol. The molecule has 0 bridgehead atoms. The van der Waals surface area contributed by atoms with E-state index in [1.165, 1.54) is 38.6 Å². The number of aromatic nitrogens is 1. The molecular formula is C15H24N4. The standard InChI is InChI=1S/C15H24N4/c1-2-9-19(10-3-1)15-7-6-14(12-18-15)17-11-13-5-4-8-16-13/h6-7,12-13,16-17H,1-5,8-11H2. The second-order valence-corrected chi connectivity index (χ2v) is 5.63. The van der Waals surface area contributed by atoms with E-state index in [0.29, 0.717) is 6.04 Å². The van der Waals surface area contributed by atoms with Gasteiger partial charge in [0.1, 0.15) is 5.82 Å². The summed E-state index contributed by atoms with van der Waals surface area (Å²) in [5, 5.41) is 6.97. The Labute approximate surface area is 115 Å². The molecule has 2 fully saturated rings. The average Bonchev–Trinajstić information content (AvgIpc) is 3.00. The van der Waals surface area contributed by atoms with Crippen LogP contribution in [0.2, 0.25) is 0 Å². The van der Waals surface area contributed by atoms with Gasteiger partial charge in [-0.1, -0.05) is 0 Å². The van der Waals surface area contributed by atoms with Gasteiger partial charge in [-0.05, 0) is 50.8 Å². The van der Waals surface area contributed by atoms with Crippen LogP contribution in [0.25, 0.3) is 0 Å². The molecule has 4 heteroatoms. The number of piperidine rings is 1. The second-order valence-electron chi connectivity index (χ2n) is 5.63. The summed E-state index contributed by atoms with van der Waals surface area (Å²) in [5.41, 5.74) is 1.13. The Balaban J connectivity index is 1.52. The number of anilines is 2. The van der Waals surface area contributed by atoms with Crippen LogP contribution in [0, 0.1) is 0 Å². The van der Waals surface area contributed by atoms with Crippen molar-refractivity contribution in [3.05, 3.63) is 18.3 Å². The van der Waals surface area contributed by atoms with E-state index < -0.39 is 0 Å². The summed E-state index contributed by atoms with van der Waals surface area (Å²) >= 11 is 0. The summed E-state index contributed by atoms with van der Waals surface area (Å²) in [6, 6.07) is 4.93. The fourth-order valence-corrected chi connectivity index (χ4v) is 2.97. The second kappa shape index (κ2) is 6.24. The molecule has 2 N–H and O–H groups in total. The minimum Gasteiger partial charge on any atom is -0.382 e. The van der Waals surface area contributed by atoms with Crippen molar-refractivity contribution in [3.63, 3.8) is 0 Å². The van der Waals surface area contributed by atoms with Gasteiger partial charge in [0, 0.05) is 25.7 Å². The number of pyridine rings is 1. The maximum absolute atomic E-state index is 4.59. The highest BCUT2D eigenvalue weighted by molar-refractivity contribution is 5.48. The van der Waals surface area contributed by atoms with Gasteiger partial charge in [0.2, 0.25) is 0 Å². The van der Waals surface area contributed by atoms with E-state index in [0.717, 1.165) is 31.1 Å².